The van der Waals surface area contributed by atoms with E-state index in [1.807, 2.05) is 19.1 Å². The lowest BCUT2D eigenvalue weighted by atomic mass is 10.1. The zero-order chi connectivity index (χ0) is 14.3. The zero-order valence-corrected chi connectivity index (χ0v) is 11.4. The Bertz CT molecular complexity index is 407. The van der Waals surface area contributed by atoms with Gasteiger partial charge in [-0.15, -0.1) is 0 Å². The van der Waals surface area contributed by atoms with Gasteiger partial charge in [-0.2, -0.15) is 0 Å². The number of para-hydroxylation sites is 1. The van der Waals surface area contributed by atoms with Gasteiger partial charge in [-0.1, -0.05) is 18.2 Å². The van der Waals surface area contributed by atoms with Crippen LogP contribution in [0.3, 0.4) is 0 Å². The minimum Gasteiger partial charge on any atom is -0.496 e. The summed E-state index contributed by atoms with van der Waals surface area (Å²) < 4.78 is 5.16. The van der Waals surface area contributed by atoms with Crippen LogP contribution in [-0.2, 0) is 4.79 Å². The summed E-state index contributed by atoms with van der Waals surface area (Å²) in [7, 11) is 1.55. The van der Waals surface area contributed by atoms with Gasteiger partial charge in [0.25, 0.3) is 0 Å². The van der Waals surface area contributed by atoms with Gasteiger partial charge in [-0.25, -0.2) is 0 Å². The topological polar surface area (TPSA) is 84.6 Å². The van der Waals surface area contributed by atoms with Crippen molar-refractivity contribution in [1.29, 1.82) is 0 Å². The van der Waals surface area contributed by atoms with E-state index in [9.17, 15) is 9.90 Å². The molecule has 0 bridgehead atoms. The summed E-state index contributed by atoms with van der Waals surface area (Å²) in [5.41, 5.74) is 6.24. The van der Waals surface area contributed by atoms with E-state index in [0.29, 0.717) is 24.2 Å². The second kappa shape index (κ2) is 7.76. The Morgan fingerprint density at radius 3 is 2.79 bits per heavy atom. The molecule has 1 aromatic rings. The monoisotopic (exact) mass is 266 g/mol. The van der Waals surface area contributed by atoms with E-state index in [1.54, 1.807) is 19.2 Å². The van der Waals surface area contributed by atoms with Gasteiger partial charge in [-0.05, 0) is 19.4 Å². The van der Waals surface area contributed by atoms with E-state index in [-0.39, 0.29) is 18.5 Å². The fraction of sp³-hybridized carbons (Fsp3) is 0.500. The Labute approximate surface area is 113 Å². The second-order valence-electron chi connectivity index (χ2n) is 4.58. The number of aliphatic hydroxyl groups excluding tert-OH is 1. The molecule has 0 spiro atoms. The molecule has 2 unspecified atom stereocenters. The highest BCUT2D eigenvalue weighted by molar-refractivity contribution is 5.75. The number of aliphatic hydroxyl groups is 1. The van der Waals surface area contributed by atoms with Gasteiger partial charge in [0.05, 0.1) is 13.2 Å². The van der Waals surface area contributed by atoms with Crippen LogP contribution in [-0.4, -0.2) is 30.7 Å². The molecule has 0 radical (unpaired) electrons. The summed E-state index contributed by atoms with van der Waals surface area (Å²) >= 11 is 0. The SMILES string of the molecule is COc1ccccc1C(O)CNC(=O)CCC(C)N. The molecule has 0 aliphatic carbocycles. The summed E-state index contributed by atoms with van der Waals surface area (Å²) in [5.74, 6) is 0.506. The first kappa shape index (κ1) is 15.5. The lowest BCUT2D eigenvalue weighted by Crippen LogP contribution is -2.29. The molecule has 0 aromatic heterocycles. The average Bonchev–Trinajstić information content (AvgIpc) is 2.42. The minimum absolute atomic E-state index is 0.00453. The number of benzene rings is 1. The summed E-state index contributed by atoms with van der Waals surface area (Å²) in [6.07, 6.45) is 0.225. The summed E-state index contributed by atoms with van der Waals surface area (Å²) in [5, 5.41) is 12.7. The average molecular weight is 266 g/mol. The smallest absolute Gasteiger partial charge is 0.220 e. The molecule has 5 heteroatoms. The Balaban J connectivity index is 2.46. The third-order valence-corrected chi connectivity index (χ3v) is 2.82. The number of nitrogens with one attached hydrogen (secondary N) is 1. The van der Waals surface area contributed by atoms with E-state index in [1.165, 1.54) is 0 Å². The maximum absolute atomic E-state index is 11.5. The van der Waals surface area contributed by atoms with Crippen molar-refractivity contribution in [3.05, 3.63) is 29.8 Å². The molecule has 2 atom stereocenters. The maximum atomic E-state index is 11.5. The minimum atomic E-state index is -0.782. The number of carbonyl (C=O) groups excluding carboxylic acids is 1. The van der Waals surface area contributed by atoms with Gasteiger partial charge in [0.15, 0.2) is 0 Å². The molecule has 0 aliphatic heterocycles. The van der Waals surface area contributed by atoms with Gasteiger partial charge >= 0.3 is 0 Å². The molecule has 1 amide bonds. The molecule has 4 N–H and O–H groups in total. The number of nitrogens with two attached hydrogens (primary N) is 1. The van der Waals surface area contributed by atoms with Crippen LogP contribution in [0.2, 0.25) is 0 Å². The van der Waals surface area contributed by atoms with Crippen LogP contribution >= 0.6 is 0 Å². The third-order valence-electron chi connectivity index (χ3n) is 2.82. The van der Waals surface area contributed by atoms with Crippen LogP contribution in [0.1, 0.15) is 31.4 Å². The molecule has 0 aliphatic rings. The van der Waals surface area contributed by atoms with Crippen LogP contribution in [0.5, 0.6) is 5.75 Å². The highest BCUT2D eigenvalue weighted by Gasteiger charge is 2.13. The Morgan fingerprint density at radius 1 is 1.47 bits per heavy atom. The number of methoxy groups -OCH3 is 1. The third kappa shape index (κ3) is 5.28. The summed E-state index contributed by atoms with van der Waals surface area (Å²) in [4.78, 5) is 11.5. The predicted molar refractivity (Wildman–Crippen MR) is 73.8 cm³/mol. The van der Waals surface area contributed by atoms with Gasteiger partial charge in [-0.3, -0.25) is 4.79 Å². The van der Waals surface area contributed by atoms with E-state index < -0.39 is 6.10 Å². The van der Waals surface area contributed by atoms with Gasteiger partial charge in [0.2, 0.25) is 5.91 Å². The molecule has 0 saturated heterocycles. The molecular weight excluding hydrogens is 244 g/mol. The van der Waals surface area contributed by atoms with Crippen molar-refractivity contribution in [2.24, 2.45) is 5.73 Å². The highest BCUT2D eigenvalue weighted by Crippen LogP contribution is 2.23. The first-order valence-corrected chi connectivity index (χ1v) is 6.38. The molecule has 1 rings (SSSR count). The van der Waals surface area contributed by atoms with Crippen molar-refractivity contribution in [3.63, 3.8) is 0 Å². The summed E-state index contributed by atoms with van der Waals surface area (Å²) in [6, 6.07) is 7.20. The largest absolute Gasteiger partial charge is 0.496 e. The molecule has 0 heterocycles. The van der Waals surface area contributed by atoms with E-state index >= 15 is 0 Å². The molecule has 5 nitrogen and oxygen atoms in total. The highest BCUT2D eigenvalue weighted by atomic mass is 16.5. The van der Waals surface area contributed by atoms with Crippen LogP contribution < -0.4 is 15.8 Å². The van der Waals surface area contributed by atoms with Crippen molar-refractivity contribution in [3.8, 4) is 5.75 Å². The maximum Gasteiger partial charge on any atom is 0.220 e. The van der Waals surface area contributed by atoms with Gasteiger partial charge < -0.3 is 20.9 Å². The van der Waals surface area contributed by atoms with Crippen molar-refractivity contribution in [2.75, 3.05) is 13.7 Å². The van der Waals surface area contributed by atoms with Gasteiger partial charge in [0, 0.05) is 24.6 Å². The molecule has 1 aromatic carbocycles. The first-order valence-electron chi connectivity index (χ1n) is 6.38. The molecular formula is C14H22N2O3. The lowest BCUT2D eigenvalue weighted by molar-refractivity contribution is -0.121. The summed E-state index contributed by atoms with van der Waals surface area (Å²) in [6.45, 7) is 2.02. The van der Waals surface area contributed by atoms with Crippen molar-refractivity contribution >= 4 is 5.91 Å². The van der Waals surface area contributed by atoms with Crippen molar-refractivity contribution in [1.82, 2.24) is 5.32 Å². The Hall–Kier alpha value is -1.59. The number of ether oxygens (including phenoxy) is 1. The molecule has 0 fully saturated rings. The molecule has 19 heavy (non-hydrogen) atoms. The van der Waals surface area contributed by atoms with Crippen molar-refractivity contribution < 1.29 is 14.6 Å². The standard InChI is InChI=1S/C14H22N2O3/c1-10(15)7-8-14(18)16-9-12(17)11-5-3-4-6-13(11)19-2/h3-6,10,12,17H,7-9,15H2,1-2H3,(H,16,18). The number of amides is 1. The first-order chi connectivity index (χ1) is 9.04. The Morgan fingerprint density at radius 2 is 2.16 bits per heavy atom. The van der Waals surface area contributed by atoms with Crippen LogP contribution in [0, 0.1) is 0 Å². The van der Waals surface area contributed by atoms with Crippen molar-refractivity contribution in [2.45, 2.75) is 31.9 Å². The molecule has 0 saturated carbocycles. The molecule has 106 valence electrons. The quantitative estimate of drug-likeness (QED) is 0.686. The Kier molecular flexibility index (Phi) is 6.32. The number of hydrogen-bond acceptors (Lipinski definition) is 4. The fourth-order valence-electron chi connectivity index (χ4n) is 1.71. The number of carbonyl (C=O) groups is 1. The predicted octanol–water partition coefficient (Wildman–Crippen LogP) is 0.972. The fourth-order valence-corrected chi connectivity index (χ4v) is 1.71. The van der Waals surface area contributed by atoms with E-state index in [4.69, 9.17) is 10.5 Å². The lowest BCUT2D eigenvalue weighted by Gasteiger charge is -2.15. The van der Waals surface area contributed by atoms with E-state index in [2.05, 4.69) is 5.32 Å². The normalized spacial score (nSPS) is 13.7. The number of rotatable bonds is 7. The van der Waals surface area contributed by atoms with Crippen LogP contribution in [0.4, 0.5) is 0 Å². The van der Waals surface area contributed by atoms with E-state index in [0.717, 1.165) is 0 Å². The van der Waals surface area contributed by atoms with Crippen LogP contribution in [0.15, 0.2) is 24.3 Å². The zero-order valence-electron chi connectivity index (χ0n) is 11.4. The van der Waals surface area contributed by atoms with Crippen LogP contribution in [0.25, 0.3) is 0 Å². The second-order valence-corrected chi connectivity index (χ2v) is 4.58. The van der Waals surface area contributed by atoms with Gasteiger partial charge in [0.1, 0.15) is 5.75 Å². The number of hydrogen-bond donors (Lipinski definition) is 3.